The fraction of sp³-hybridized carbons (Fsp3) is 0.321. The van der Waals surface area contributed by atoms with E-state index in [1.807, 2.05) is 38.1 Å². The smallest absolute Gasteiger partial charge is 0.274 e. The molecule has 0 spiro atoms. The Morgan fingerprint density at radius 1 is 1.05 bits per heavy atom. The number of carbonyl (C=O) groups excluding carboxylic acids is 3. The van der Waals surface area contributed by atoms with E-state index in [4.69, 9.17) is 9.47 Å². The summed E-state index contributed by atoms with van der Waals surface area (Å²) in [6, 6.07) is 12.0. The predicted molar refractivity (Wildman–Crippen MR) is 138 cm³/mol. The highest BCUT2D eigenvalue weighted by Gasteiger charge is 2.35. The molecule has 0 unspecified atom stereocenters. The number of hydrogen-bond donors (Lipinski definition) is 2. The third-order valence-corrected chi connectivity index (χ3v) is 6.66. The Balaban J connectivity index is 1.43. The van der Waals surface area contributed by atoms with Crippen molar-refractivity contribution in [3.63, 3.8) is 0 Å². The largest absolute Gasteiger partial charge is 0.488 e. The molecular formula is C28H29N5O5. The van der Waals surface area contributed by atoms with E-state index >= 15 is 0 Å². The highest BCUT2D eigenvalue weighted by atomic mass is 16.5. The standard InChI is InChI=1S/C28H29N5O5/c1-17-3-6-20-11-25(17)37-16-26(34)31-13-19-4-7-21(8-5-19)38-24-9-10-33(15-23(24)32-27(20)35)28(36)22-14-29-18(2)12-30-22/h3-8,11-12,14,23-24H,9-10,13,15-16H2,1-2H3,(H,31,34)(H,32,35)/t23-,24-/m0/s1. The second kappa shape index (κ2) is 10.9. The summed E-state index contributed by atoms with van der Waals surface area (Å²) in [5, 5.41) is 5.89. The average molecular weight is 516 g/mol. The molecule has 38 heavy (non-hydrogen) atoms. The maximum atomic E-state index is 13.3. The minimum absolute atomic E-state index is 0.170. The van der Waals surface area contributed by atoms with Crippen LogP contribution >= 0.6 is 0 Å². The third kappa shape index (κ3) is 5.74. The molecule has 10 nitrogen and oxygen atoms in total. The molecule has 3 aliphatic rings. The van der Waals surface area contributed by atoms with E-state index < -0.39 is 6.04 Å². The number of benzene rings is 2. The molecule has 3 amide bonds. The minimum Gasteiger partial charge on any atom is -0.488 e. The van der Waals surface area contributed by atoms with Crippen LogP contribution in [-0.2, 0) is 11.3 Å². The molecule has 2 N–H and O–H groups in total. The van der Waals surface area contributed by atoms with E-state index in [9.17, 15) is 14.4 Å². The van der Waals surface area contributed by atoms with Crippen LogP contribution in [0.2, 0.25) is 0 Å². The van der Waals surface area contributed by atoms with Crippen LogP contribution in [0.25, 0.3) is 0 Å². The number of likely N-dealkylation sites (tertiary alicyclic amines) is 1. The third-order valence-electron chi connectivity index (χ3n) is 6.66. The van der Waals surface area contributed by atoms with Crippen molar-refractivity contribution < 1.29 is 23.9 Å². The summed E-state index contributed by atoms with van der Waals surface area (Å²) in [5.74, 6) is 0.243. The number of nitrogens with one attached hydrogen (secondary N) is 2. The van der Waals surface area contributed by atoms with Crippen molar-refractivity contribution in [1.29, 1.82) is 0 Å². The predicted octanol–water partition coefficient (Wildman–Crippen LogP) is 2.19. The Bertz CT molecular complexity index is 1340. The van der Waals surface area contributed by atoms with Gasteiger partial charge in [0.15, 0.2) is 6.61 Å². The Hall–Kier alpha value is -4.47. The molecule has 0 saturated carbocycles. The number of carbonyl (C=O) groups is 3. The first-order chi connectivity index (χ1) is 18.4. The normalized spacial score (nSPS) is 19.8. The lowest BCUT2D eigenvalue weighted by Crippen LogP contribution is -2.58. The van der Waals surface area contributed by atoms with Gasteiger partial charge in [0.2, 0.25) is 0 Å². The van der Waals surface area contributed by atoms with Crippen molar-refractivity contribution >= 4 is 17.7 Å². The van der Waals surface area contributed by atoms with E-state index in [2.05, 4.69) is 20.6 Å². The van der Waals surface area contributed by atoms with Crippen LogP contribution in [-0.4, -0.2) is 64.4 Å². The fourth-order valence-electron chi connectivity index (χ4n) is 4.46. The minimum atomic E-state index is -0.483. The Morgan fingerprint density at radius 3 is 2.63 bits per heavy atom. The van der Waals surface area contributed by atoms with Gasteiger partial charge < -0.3 is 25.0 Å². The number of nitrogens with zero attached hydrogens (tertiary/aromatic N) is 3. The van der Waals surface area contributed by atoms with E-state index in [-0.39, 0.29) is 42.7 Å². The average Bonchev–Trinajstić information content (AvgIpc) is 2.92. The van der Waals surface area contributed by atoms with Gasteiger partial charge in [0, 0.05) is 37.8 Å². The van der Waals surface area contributed by atoms with Crippen LogP contribution in [0.1, 0.15) is 44.1 Å². The van der Waals surface area contributed by atoms with Gasteiger partial charge in [-0.15, -0.1) is 0 Å². The van der Waals surface area contributed by atoms with Crippen molar-refractivity contribution in [3.8, 4) is 11.5 Å². The molecule has 3 aliphatic heterocycles. The summed E-state index contributed by atoms with van der Waals surface area (Å²) < 4.78 is 12.0. The van der Waals surface area contributed by atoms with E-state index in [1.165, 1.54) is 6.20 Å². The first kappa shape index (κ1) is 25.2. The molecule has 196 valence electrons. The van der Waals surface area contributed by atoms with Crippen molar-refractivity contribution in [3.05, 3.63) is 82.9 Å². The first-order valence-electron chi connectivity index (χ1n) is 12.5. The Morgan fingerprint density at radius 2 is 1.87 bits per heavy atom. The van der Waals surface area contributed by atoms with E-state index in [0.29, 0.717) is 36.6 Å². The van der Waals surface area contributed by atoms with Gasteiger partial charge in [0.25, 0.3) is 17.7 Å². The summed E-state index contributed by atoms with van der Waals surface area (Å²) >= 11 is 0. The molecule has 2 aromatic carbocycles. The van der Waals surface area contributed by atoms with Crippen molar-refractivity contribution in [1.82, 2.24) is 25.5 Å². The Kier molecular flexibility index (Phi) is 7.21. The molecule has 0 radical (unpaired) electrons. The van der Waals surface area contributed by atoms with Crippen LogP contribution in [0.5, 0.6) is 11.5 Å². The number of amides is 3. The zero-order chi connectivity index (χ0) is 26.6. The fourth-order valence-corrected chi connectivity index (χ4v) is 4.46. The van der Waals surface area contributed by atoms with Gasteiger partial charge in [-0.25, -0.2) is 4.98 Å². The van der Waals surface area contributed by atoms with Crippen LogP contribution < -0.4 is 20.1 Å². The van der Waals surface area contributed by atoms with Crippen LogP contribution in [0.3, 0.4) is 0 Å². The number of ether oxygens (including phenoxy) is 2. The zero-order valence-corrected chi connectivity index (χ0v) is 21.3. The molecule has 0 aliphatic carbocycles. The summed E-state index contributed by atoms with van der Waals surface area (Å²) in [6.45, 7) is 4.53. The topological polar surface area (TPSA) is 123 Å². The molecule has 1 saturated heterocycles. The summed E-state index contributed by atoms with van der Waals surface area (Å²) in [7, 11) is 0. The molecule has 4 heterocycles. The van der Waals surface area contributed by atoms with Gasteiger partial charge in [-0.05, 0) is 49.2 Å². The lowest BCUT2D eigenvalue weighted by atomic mass is 10.00. The second-order valence-electron chi connectivity index (χ2n) is 9.51. The quantitative estimate of drug-likeness (QED) is 0.509. The lowest BCUT2D eigenvalue weighted by Gasteiger charge is -2.38. The number of rotatable bonds is 1. The highest BCUT2D eigenvalue weighted by molar-refractivity contribution is 5.95. The number of aromatic nitrogens is 2. The number of piperidine rings is 1. The summed E-state index contributed by atoms with van der Waals surface area (Å²) in [5.41, 5.74) is 3.08. The van der Waals surface area contributed by atoms with Gasteiger partial charge in [-0.3, -0.25) is 19.4 Å². The number of aryl methyl sites for hydroxylation is 2. The van der Waals surface area contributed by atoms with Gasteiger partial charge >= 0.3 is 0 Å². The SMILES string of the molecule is Cc1cnc(C(=O)N2CC[C@@H]3Oc4ccc(cc4)CNC(=O)COc4cc(ccc4C)C(=O)N[C@H]3C2)cn1. The molecule has 1 fully saturated rings. The highest BCUT2D eigenvalue weighted by Crippen LogP contribution is 2.23. The summed E-state index contributed by atoms with van der Waals surface area (Å²) in [6.07, 6.45) is 3.17. The van der Waals surface area contributed by atoms with Crippen LogP contribution in [0, 0.1) is 13.8 Å². The van der Waals surface area contributed by atoms with Gasteiger partial charge in [0.05, 0.1) is 17.9 Å². The molecule has 10 heteroatoms. The second-order valence-corrected chi connectivity index (χ2v) is 9.51. The molecule has 6 rings (SSSR count). The molecule has 3 aromatic rings. The number of fused-ring (bicyclic) bond motifs is 7. The zero-order valence-electron chi connectivity index (χ0n) is 21.3. The first-order valence-corrected chi connectivity index (χ1v) is 12.5. The Labute approximate surface area is 220 Å². The van der Waals surface area contributed by atoms with Crippen molar-refractivity contribution in [2.75, 3.05) is 19.7 Å². The van der Waals surface area contributed by atoms with E-state index in [1.54, 1.807) is 29.3 Å². The maximum absolute atomic E-state index is 13.3. The van der Waals surface area contributed by atoms with Crippen LogP contribution in [0.4, 0.5) is 0 Å². The molecule has 4 bridgehead atoms. The maximum Gasteiger partial charge on any atom is 0.274 e. The summed E-state index contributed by atoms with van der Waals surface area (Å²) in [4.78, 5) is 48.9. The van der Waals surface area contributed by atoms with Crippen molar-refractivity contribution in [2.24, 2.45) is 0 Å². The van der Waals surface area contributed by atoms with Gasteiger partial charge in [0.1, 0.15) is 23.3 Å². The monoisotopic (exact) mass is 515 g/mol. The lowest BCUT2D eigenvalue weighted by molar-refractivity contribution is -0.123. The number of hydrogen-bond acceptors (Lipinski definition) is 7. The molecular weight excluding hydrogens is 486 g/mol. The molecule has 2 atom stereocenters. The molecule has 1 aromatic heterocycles. The van der Waals surface area contributed by atoms with Gasteiger partial charge in [-0.1, -0.05) is 18.2 Å². The van der Waals surface area contributed by atoms with Gasteiger partial charge in [-0.2, -0.15) is 0 Å². The van der Waals surface area contributed by atoms with Crippen molar-refractivity contribution in [2.45, 2.75) is 39.0 Å². The van der Waals surface area contributed by atoms with Crippen LogP contribution in [0.15, 0.2) is 54.9 Å². The van der Waals surface area contributed by atoms with E-state index in [0.717, 1.165) is 16.8 Å².